The van der Waals surface area contributed by atoms with Gasteiger partial charge in [0.1, 0.15) is 0 Å². The Labute approximate surface area is 91.0 Å². The second-order valence-electron chi connectivity index (χ2n) is 0.715. The van der Waals surface area contributed by atoms with Crippen LogP contribution < -0.4 is 5.11 Å². The first kappa shape index (κ1) is 16.1. The topological polar surface area (TPSA) is 106 Å². The summed E-state index contributed by atoms with van der Waals surface area (Å²) >= 11 is 0. The van der Waals surface area contributed by atoms with E-state index in [9.17, 15) is 0 Å². The van der Waals surface area contributed by atoms with Crippen molar-refractivity contribution in [2.45, 2.75) is 6.92 Å². The predicted octanol–water partition coefficient (Wildman–Crippen LogP) is -1.86. The Morgan fingerprint density at radius 3 is 1.44 bits per heavy atom. The van der Waals surface area contributed by atoms with Gasteiger partial charge >= 0.3 is 48.9 Å². The van der Waals surface area contributed by atoms with Crippen LogP contribution in [0.3, 0.4) is 0 Å². The minimum Gasteiger partial charge on any atom is -0.550 e. The number of aliphatic carboxylic acids is 1. The molecule has 0 saturated carbocycles. The number of hydrogen-bond donors (Lipinski definition) is 0. The Balaban J connectivity index is -0.0000000720. The molecule has 0 heterocycles. The Hall–Kier alpha value is 0.241. The zero-order valence-electron chi connectivity index (χ0n) is 4.70. The molecule has 0 aromatic heterocycles. The number of carboxylic acid groups (broad SMARTS) is 1. The Morgan fingerprint density at radius 2 is 1.44 bits per heavy atom. The summed E-state index contributed by atoms with van der Waals surface area (Å²) in [5.41, 5.74) is 0. The van der Waals surface area contributed by atoms with E-state index in [0.717, 1.165) is 6.92 Å². The van der Waals surface area contributed by atoms with Gasteiger partial charge in [0, 0.05) is 5.97 Å². The van der Waals surface area contributed by atoms with E-state index in [1.54, 1.807) is 0 Å². The third-order valence-electron chi connectivity index (χ3n) is 0. The number of carbonyl (C=O) groups excluding carboxylic acids is 1. The molecule has 0 spiro atoms. The monoisotopic (exact) mass is 259 g/mol. The van der Waals surface area contributed by atoms with Crippen molar-refractivity contribution in [3.05, 3.63) is 15.3 Å². The fourth-order valence-electron chi connectivity index (χ4n) is 0. The van der Waals surface area contributed by atoms with Crippen LogP contribution >= 0.6 is 0 Å². The van der Waals surface area contributed by atoms with E-state index in [-0.39, 0.29) is 48.9 Å². The Bertz CT molecular complexity index is 73.0. The van der Waals surface area contributed by atoms with Gasteiger partial charge in [-0.25, -0.2) is 0 Å². The van der Waals surface area contributed by atoms with Gasteiger partial charge in [0.15, 0.2) is 0 Å². The number of rotatable bonds is 0. The molecule has 0 N–H and O–H groups in total. The van der Waals surface area contributed by atoms with E-state index < -0.39 is 11.1 Å². The molecule has 0 aromatic carbocycles. The minimum absolute atomic E-state index is 0. The molecule has 0 aliphatic carbocycles. The van der Waals surface area contributed by atoms with E-state index in [2.05, 4.69) is 0 Å². The van der Waals surface area contributed by atoms with Crippen molar-refractivity contribution in [1.29, 1.82) is 0 Å². The van der Waals surface area contributed by atoms with E-state index in [0.29, 0.717) is 0 Å². The van der Waals surface area contributed by atoms with E-state index in [1.165, 1.54) is 0 Å². The summed E-state index contributed by atoms with van der Waals surface area (Å²) in [6.45, 7) is 0.972. The van der Waals surface area contributed by atoms with Crippen molar-refractivity contribution in [2.75, 3.05) is 0 Å². The van der Waals surface area contributed by atoms with Crippen LogP contribution in [0.1, 0.15) is 6.92 Å². The standard InChI is InChI=1S/C2H4O2.Ba.NO3/c1-2(3)4;;2-1(3)4/h1H3,(H,3,4);;/q;+2;-1/p-1. The molecule has 0 fully saturated rings. The first-order chi connectivity index (χ1) is 3.46. The van der Waals surface area contributed by atoms with Crippen molar-refractivity contribution in [2.24, 2.45) is 0 Å². The summed E-state index contributed by atoms with van der Waals surface area (Å²) in [5.74, 6) is -1.08. The maximum absolute atomic E-state index is 8.89. The number of carboxylic acids is 1. The normalized spacial score (nSPS) is 5.44. The zero-order chi connectivity index (χ0) is 7.15. The molecule has 7 heteroatoms. The molecule has 0 amide bonds. The van der Waals surface area contributed by atoms with Crippen LogP contribution in [0.2, 0.25) is 0 Å². The molecule has 0 unspecified atom stereocenters. The van der Waals surface area contributed by atoms with Gasteiger partial charge < -0.3 is 25.2 Å². The second kappa shape index (κ2) is 11.1. The molecule has 6 nitrogen and oxygen atoms in total. The summed E-state index contributed by atoms with van der Waals surface area (Å²) in [4.78, 5) is 17.1. The molecular weight excluding hydrogens is 255 g/mol. The molecule has 0 aliphatic heterocycles. The van der Waals surface area contributed by atoms with Gasteiger partial charge in [-0.1, -0.05) is 0 Å². The summed E-state index contributed by atoms with van der Waals surface area (Å²) in [5, 5.41) is 23.6. The molecule has 0 aromatic rings. The van der Waals surface area contributed by atoms with Crippen molar-refractivity contribution in [3.63, 3.8) is 0 Å². The first-order valence-corrected chi connectivity index (χ1v) is 1.46. The van der Waals surface area contributed by atoms with Gasteiger partial charge in [0.25, 0.3) is 0 Å². The number of nitrogens with zero attached hydrogens (tertiary/aromatic N) is 1. The van der Waals surface area contributed by atoms with Crippen LogP contribution in [-0.4, -0.2) is 59.9 Å². The van der Waals surface area contributed by atoms with Crippen molar-refractivity contribution < 1.29 is 15.0 Å². The molecule has 0 atom stereocenters. The fraction of sp³-hybridized carbons (Fsp3) is 0.500. The van der Waals surface area contributed by atoms with Crippen LogP contribution in [0.4, 0.5) is 0 Å². The van der Waals surface area contributed by atoms with Gasteiger partial charge in [-0.05, 0) is 6.92 Å². The molecule has 0 bridgehead atoms. The molecule has 0 saturated heterocycles. The average Bonchev–Trinajstić information content (AvgIpc) is 1.25. The largest absolute Gasteiger partial charge is 2.00 e. The summed E-state index contributed by atoms with van der Waals surface area (Å²) < 4.78 is 0. The number of carbonyl (C=O) groups is 1. The molecule has 48 valence electrons. The molecule has 0 radical (unpaired) electrons. The molecular formula is C2H3BaNO5. The summed E-state index contributed by atoms with van der Waals surface area (Å²) in [6.07, 6.45) is 0. The van der Waals surface area contributed by atoms with Crippen LogP contribution in [0.5, 0.6) is 0 Å². The zero-order valence-corrected chi connectivity index (χ0v) is 9.14. The van der Waals surface area contributed by atoms with Crippen molar-refractivity contribution in [3.8, 4) is 0 Å². The first-order valence-electron chi connectivity index (χ1n) is 1.46. The van der Waals surface area contributed by atoms with Crippen LogP contribution in [0.15, 0.2) is 0 Å². The quantitative estimate of drug-likeness (QED) is 0.288. The number of hydrogen-bond acceptors (Lipinski definition) is 5. The van der Waals surface area contributed by atoms with Gasteiger partial charge in [0.05, 0.1) is 5.09 Å². The van der Waals surface area contributed by atoms with Gasteiger partial charge in [0.2, 0.25) is 0 Å². The van der Waals surface area contributed by atoms with E-state index in [1.807, 2.05) is 0 Å². The smallest absolute Gasteiger partial charge is 0.550 e. The third kappa shape index (κ3) is 5510. The van der Waals surface area contributed by atoms with Gasteiger partial charge in [-0.3, -0.25) is 0 Å². The van der Waals surface area contributed by atoms with Crippen LogP contribution in [-0.2, 0) is 4.79 Å². The van der Waals surface area contributed by atoms with E-state index in [4.69, 9.17) is 25.2 Å². The van der Waals surface area contributed by atoms with Crippen molar-refractivity contribution >= 4 is 54.9 Å². The summed E-state index contributed by atoms with van der Waals surface area (Å²) in [6, 6.07) is 0. The van der Waals surface area contributed by atoms with Crippen molar-refractivity contribution in [1.82, 2.24) is 0 Å². The third-order valence-corrected chi connectivity index (χ3v) is 0. The minimum atomic E-state index is -1.75. The molecule has 9 heavy (non-hydrogen) atoms. The SMILES string of the molecule is CC(=O)[O-].O=[N+]([O-])[O-].[Ba+2]. The molecule has 0 aliphatic rings. The van der Waals surface area contributed by atoms with Gasteiger partial charge in [-0.2, -0.15) is 0 Å². The van der Waals surface area contributed by atoms with Crippen LogP contribution in [0, 0.1) is 15.3 Å². The fourth-order valence-corrected chi connectivity index (χ4v) is 0. The maximum atomic E-state index is 8.89. The van der Waals surface area contributed by atoms with Gasteiger partial charge in [-0.15, -0.1) is 0 Å². The summed E-state index contributed by atoms with van der Waals surface area (Å²) in [7, 11) is 0. The van der Waals surface area contributed by atoms with Crippen LogP contribution in [0.25, 0.3) is 0 Å². The maximum Gasteiger partial charge on any atom is 2.00 e. The molecule has 0 rings (SSSR count). The average molecular weight is 258 g/mol. The second-order valence-corrected chi connectivity index (χ2v) is 0.715. The Kier molecular flexibility index (Phi) is 19.9. The predicted molar refractivity (Wildman–Crippen MR) is 26.8 cm³/mol. The Morgan fingerprint density at radius 1 is 1.44 bits per heavy atom. The van der Waals surface area contributed by atoms with E-state index >= 15 is 0 Å².